The molecule has 0 fully saturated rings. The van der Waals surface area contributed by atoms with Crippen LogP contribution in [0, 0.1) is 11.3 Å². The molecular weight excluding hydrogens is 266 g/mol. The predicted molar refractivity (Wildman–Crippen MR) is 83.1 cm³/mol. The number of methoxy groups -OCH3 is 2. The Balaban J connectivity index is 3.08. The standard InChI is InChI=1S/C16H25N3O2/c1-13(18)16(14-7-4-5-8-15(14)21-3)19(10-6-9-17)11-12-20-2/h4-5,7-8,13,16H,6,10-12,18H2,1-3H3. The molecule has 0 radical (unpaired) electrons. The van der Waals surface area contributed by atoms with Crippen LogP contribution in [-0.2, 0) is 4.74 Å². The topological polar surface area (TPSA) is 71.5 Å². The first-order valence-corrected chi connectivity index (χ1v) is 7.14. The van der Waals surface area contributed by atoms with Crippen molar-refractivity contribution in [2.24, 2.45) is 5.73 Å². The van der Waals surface area contributed by atoms with Crippen molar-refractivity contribution in [1.29, 1.82) is 5.26 Å². The molecule has 5 nitrogen and oxygen atoms in total. The fraction of sp³-hybridized carbons (Fsp3) is 0.562. The number of para-hydroxylation sites is 1. The normalized spacial score (nSPS) is 13.7. The van der Waals surface area contributed by atoms with Crippen molar-refractivity contribution in [2.45, 2.75) is 25.4 Å². The van der Waals surface area contributed by atoms with Crippen LogP contribution in [0.4, 0.5) is 0 Å². The van der Waals surface area contributed by atoms with Gasteiger partial charge in [0.25, 0.3) is 0 Å². The van der Waals surface area contributed by atoms with Crippen molar-refractivity contribution in [1.82, 2.24) is 4.90 Å². The third kappa shape index (κ3) is 5.01. The van der Waals surface area contributed by atoms with Crippen molar-refractivity contribution < 1.29 is 9.47 Å². The first-order chi connectivity index (χ1) is 10.2. The fourth-order valence-corrected chi connectivity index (χ4v) is 2.52. The summed E-state index contributed by atoms with van der Waals surface area (Å²) in [5.41, 5.74) is 7.26. The van der Waals surface area contributed by atoms with Gasteiger partial charge in [-0.25, -0.2) is 0 Å². The first kappa shape index (κ1) is 17.4. The largest absolute Gasteiger partial charge is 0.496 e. The molecule has 1 rings (SSSR count). The maximum atomic E-state index is 8.87. The molecule has 0 aliphatic rings. The van der Waals surface area contributed by atoms with Crippen LogP contribution in [0.2, 0.25) is 0 Å². The number of nitrogens with two attached hydrogens (primary N) is 1. The highest BCUT2D eigenvalue weighted by atomic mass is 16.5. The van der Waals surface area contributed by atoms with Gasteiger partial charge >= 0.3 is 0 Å². The minimum atomic E-state index is -0.0863. The van der Waals surface area contributed by atoms with Crippen LogP contribution in [0.1, 0.15) is 24.9 Å². The second-order valence-corrected chi connectivity index (χ2v) is 4.98. The lowest BCUT2D eigenvalue weighted by Crippen LogP contribution is -2.41. The number of rotatable bonds is 9. The van der Waals surface area contributed by atoms with Gasteiger partial charge in [0.1, 0.15) is 5.75 Å². The van der Waals surface area contributed by atoms with Gasteiger partial charge in [0, 0.05) is 38.2 Å². The lowest BCUT2D eigenvalue weighted by molar-refractivity contribution is 0.111. The maximum Gasteiger partial charge on any atom is 0.123 e. The Bertz CT molecular complexity index is 457. The molecule has 2 unspecified atom stereocenters. The molecular formula is C16H25N3O2. The van der Waals surface area contributed by atoms with Gasteiger partial charge in [0.15, 0.2) is 0 Å². The zero-order chi connectivity index (χ0) is 15.7. The van der Waals surface area contributed by atoms with Crippen molar-refractivity contribution in [3.63, 3.8) is 0 Å². The molecule has 5 heteroatoms. The summed E-state index contributed by atoms with van der Waals surface area (Å²) in [6, 6.07) is 9.98. The van der Waals surface area contributed by atoms with Crippen LogP contribution in [-0.4, -0.2) is 44.9 Å². The number of benzene rings is 1. The summed E-state index contributed by atoms with van der Waals surface area (Å²) in [5.74, 6) is 0.819. The third-order valence-electron chi connectivity index (χ3n) is 3.44. The van der Waals surface area contributed by atoms with Crippen LogP contribution in [0.5, 0.6) is 5.75 Å². The van der Waals surface area contributed by atoms with E-state index in [9.17, 15) is 0 Å². The molecule has 0 aromatic heterocycles. The second kappa shape index (κ2) is 9.35. The number of hydrogen-bond donors (Lipinski definition) is 1. The molecule has 0 aliphatic carbocycles. The summed E-state index contributed by atoms with van der Waals surface area (Å²) in [5, 5.41) is 8.87. The van der Waals surface area contributed by atoms with Gasteiger partial charge in [-0.05, 0) is 13.0 Å². The molecule has 2 atom stereocenters. The minimum absolute atomic E-state index is 0.00958. The summed E-state index contributed by atoms with van der Waals surface area (Å²) in [7, 11) is 3.33. The van der Waals surface area contributed by atoms with Crippen LogP contribution in [0.3, 0.4) is 0 Å². The number of ether oxygens (including phenoxy) is 2. The lowest BCUT2D eigenvalue weighted by Gasteiger charge is -2.34. The molecule has 0 heterocycles. The molecule has 0 spiro atoms. The second-order valence-electron chi connectivity index (χ2n) is 4.98. The van der Waals surface area contributed by atoms with E-state index in [1.807, 2.05) is 31.2 Å². The van der Waals surface area contributed by atoms with Gasteiger partial charge in [-0.1, -0.05) is 18.2 Å². The molecule has 0 aliphatic heterocycles. The molecule has 116 valence electrons. The van der Waals surface area contributed by atoms with Crippen LogP contribution >= 0.6 is 0 Å². The van der Waals surface area contributed by atoms with Crippen molar-refractivity contribution in [3.8, 4) is 11.8 Å². The van der Waals surface area contributed by atoms with Gasteiger partial charge in [0.2, 0.25) is 0 Å². The number of nitriles is 1. The molecule has 0 saturated carbocycles. The van der Waals surface area contributed by atoms with E-state index in [1.165, 1.54) is 0 Å². The highest BCUT2D eigenvalue weighted by Gasteiger charge is 2.26. The maximum absolute atomic E-state index is 8.87. The Hall–Kier alpha value is -1.61. The average molecular weight is 291 g/mol. The fourth-order valence-electron chi connectivity index (χ4n) is 2.52. The first-order valence-electron chi connectivity index (χ1n) is 7.14. The van der Waals surface area contributed by atoms with Crippen LogP contribution < -0.4 is 10.5 Å². The monoisotopic (exact) mass is 291 g/mol. The molecule has 1 aromatic rings. The summed E-state index contributed by atoms with van der Waals surface area (Å²) < 4.78 is 10.6. The quantitative estimate of drug-likeness (QED) is 0.753. The molecule has 21 heavy (non-hydrogen) atoms. The minimum Gasteiger partial charge on any atom is -0.496 e. The lowest BCUT2D eigenvalue weighted by atomic mass is 9.97. The van der Waals surface area contributed by atoms with Crippen molar-refractivity contribution in [2.75, 3.05) is 33.9 Å². The molecule has 2 N–H and O–H groups in total. The van der Waals surface area contributed by atoms with Crippen molar-refractivity contribution in [3.05, 3.63) is 29.8 Å². The van der Waals surface area contributed by atoms with E-state index in [1.54, 1.807) is 14.2 Å². The Kier molecular flexibility index (Phi) is 7.76. The van der Waals surface area contributed by atoms with E-state index < -0.39 is 0 Å². The van der Waals surface area contributed by atoms with Crippen LogP contribution in [0.15, 0.2) is 24.3 Å². The van der Waals surface area contributed by atoms with Gasteiger partial charge in [-0.15, -0.1) is 0 Å². The van der Waals surface area contributed by atoms with E-state index in [0.717, 1.165) is 17.9 Å². The highest BCUT2D eigenvalue weighted by Crippen LogP contribution is 2.31. The Morgan fingerprint density at radius 1 is 1.29 bits per heavy atom. The van der Waals surface area contributed by atoms with Gasteiger partial charge < -0.3 is 15.2 Å². The van der Waals surface area contributed by atoms with E-state index in [2.05, 4.69) is 11.0 Å². The summed E-state index contributed by atoms with van der Waals surface area (Å²) in [4.78, 5) is 2.19. The summed E-state index contributed by atoms with van der Waals surface area (Å²) >= 11 is 0. The molecule has 1 aromatic carbocycles. The zero-order valence-corrected chi connectivity index (χ0v) is 13.1. The Labute approximate surface area is 127 Å². The zero-order valence-electron chi connectivity index (χ0n) is 13.1. The van der Waals surface area contributed by atoms with E-state index in [4.69, 9.17) is 20.5 Å². The Morgan fingerprint density at radius 2 is 2.00 bits per heavy atom. The summed E-state index contributed by atoms with van der Waals surface area (Å²) in [6.45, 7) is 3.96. The summed E-state index contributed by atoms with van der Waals surface area (Å²) in [6.07, 6.45) is 0.460. The van der Waals surface area contributed by atoms with Crippen LogP contribution in [0.25, 0.3) is 0 Å². The van der Waals surface area contributed by atoms with E-state index in [0.29, 0.717) is 19.6 Å². The molecule has 0 amide bonds. The molecule has 0 saturated heterocycles. The average Bonchev–Trinajstić information content (AvgIpc) is 2.49. The Morgan fingerprint density at radius 3 is 2.57 bits per heavy atom. The SMILES string of the molecule is COCCN(CCC#N)C(c1ccccc1OC)C(C)N. The van der Waals surface area contributed by atoms with E-state index >= 15 is 0 Å². The number of hydrogen-bond acceptors (Lipinski definition) is 5. The van der Waals surface area contributed by atoms with Gasteiger partial charge in [0.05, 0.1) is 25.8 Å². The van der Waals surface area contributed by atoms with E-state index in [-0.39, 0.29) is 12.1 Å². The predicted octanol–water partition coefficient (Wildman–Crippen LogP) is 1.95. The smallest absolute Gasteiger partial charge is 0.123 e. The third-order valence-corrected chi connectivity index (χ3v) is 3.44. The van der Waals surface area contributed by atoms with Gasteiger partial charge in [-0.3, -0.25) is 4.90 Å². The molecule has 0 bridgehead atoms. The van der Waals surface area contributed by atoms with Crippen molar-refractivity contribution >= 4 is 0 Å². The number of nitrogens with zero attached hydrogens (tertiary/aromatic N) is 2. The van der Waals surface area contributed by atoms with Gasteiger partial charge in [-0.2, -0.15) is 5.26 Å². The highest BCUT2D eigenvalue weighted by molar-refractivity contribution is 5.36.